The summed E-state index contributed by atoms with van der Waals surface area (Å²) >= 11 is 0. The molecule has 1 aromatic rings. The van der Waals surface area contributed by atoms with Crippen molar-refractivity contribution < 1.29 is 14.6 Å². The molecule has 0 atom stereocenters. The molecule has 0 aliphatic rings. The molecule has 0 saturated heterocycles. The molecule has 0 amide bonds. The maximum absolute atomic E-state index is 11.3. The molecule has 0 heterocycles. The number of aliphatic hydroxyl groups is 1. The first-order valence-corrected chi connectivity index (χ1v) is 6.36. The van der Waals surface area contributed by atoms with E-state index in [4.69, 9.17) is 15.9 Å². The molecule has 0 spiro atoms. The normalized spacial score (nSPS) is 10.8. The molecule has 0 bridgehead atoms. The van der Waals surface area contributed by atoms with E-state index in [9.17, 15) is 9.90 Å². The van der Waals surface area contributed by atoms with E-state index in [0.29, 0.717) is 11.3 Å². The third kappa shape index (κ3) is 4.76. The molecule has 0 aliphatic heterocycles. The van der Waals surface area contributed by atoms with E-state index >= 15 is 0 Å². The van der Waals surface area contributed by atoms with Gasteiger partial charge in [0.1, 0.15) is 11.5 Å². The Hall–Kier alpha value is -2.30. The summed E-state index contributed by atoms with van der Waals surface area (Å²) in [5.41, 5.74) is 6.48. The zero-order valence-electron chi connectivity index (χ0n) is 12.6. The molecule has 0 unspecified atom stereocenters. The molecule has 5 nitrogen and oxygen atoms in total. The molecule has 1 aromatic carbocycles. The number of hydrogen-bond donors (Lipinski definition) is 3. The van der Waals surface area contributed by atoms with Crippen LogP contribution in [0.15, 0.2) is 29.7 Å². The Bertz CT molecular complexity index is 534. The summed E-state index contributed by atoms with van der Waals surface area (Å²) < 4.78 is 5.42. The predicted molar refractivity (Wildman–Crippen MR) is 80.4 cm³/mol. The standard InChI is InChI=1S/C13H16N2O3.C2H6/c1-7-4-5-10(8(2)16)6-11(7)18-9(3)12(17)13(14)15;1-2/h4-6,17H,1-3H3,(H3,14,15);1-2H3/b12-9-;. The lowest BCUT2D eigenvalue weighted by Crippen LogP contribution is -2.15. The summed E-state index contributed by atoms with van der Waals surface area (Å²) in [6, 6.07) is 5.05. The Morgan fingerprint density at radius 1 is 1.30 bits per heavy atom. The maximum atomic E-state index is 11.3. The van der Waals surface area contributed by atoms with Gasteiger partial charge < -0.3 is 15.6 Å². The van der Waals surface area contributed by atoms with Crippen molar-refractivity contribution in [2.75, 3.05) is 0 Å². The number of benzene rings is 1. The van der Waals surface area contributed by atoms with Gasteiger partial charge in [-0.05, 0) is 32.4 Å². The van der Waals surface area contributed by atoms with Crippen LogP contribution in [-0.4, -0.2) is 16.7 Å². The van der Waals surface area contributed by atoms with Gasteiger partial charge in [-0.25, -0.2) is 0 Å². The van der Waals surface area contributed by atoms with Gasteiger partial charge in [0, 0.05) is 5.56 Å². The van der Waals surface area contributed by atoms with Crippen LogP contribution in [0.3, 0.4) is 0 Å². The first-order valence-electron chi connectivity index (χ1n) is 6.36. The number of hydrogen-bond acceptors (Lipinski definition) is 4. The summed E-state index contributed by atoms with van der Waals surface area (Å²) in [7, 11) is 0. The predicted octanol–water partition coefficient (Wildman–Crippen LogP) is 3.33. The highest BCUT2D eigenvalue weighted by Gasteiger charge is 2.09. The molecular formula is C15H22N2O3. The average molecular weight is 278 g/mol. The van der Waals surface area contributed by atoms with Gasteiger partial charge >= 0.3 is 0 Å². The molecule has 0 aromatic heterocycles. The van der Waals surface area contributed by atoms with Crippen LogP contribution in [0.2, 0.25) is 0 Å². The highest BCUT2D eigenvalue weighted by molar-refractivity contribution is 5.94. The second-order valence-electron chi connectivity index (χ2n) is 3.96. The van der Waals surface area contributed by atoms with Gasteiger partial charge in [0.05, 0.1) is 0 Å². The number of carbonyl (C=O) groups excluding carboxylic acids is 1. The topological polar surface area (TPSA) is 96.4 Å². The molecule has 0 aliphatic carbocycles. The number of aryl methyl sites for hydroxylation is 1. The monoisotopic (exact) mass is 278 g/mol. The summed E-state index contributed by atoms with van der Waals surface area (Å²) in [6.45, 7) is 8.78. The summed E-state index contributed by atoms with van der Waals surface area (Å²) in [6.07, 6.45) is 0. The van der Waals surface area contributed by atoms with Crippen LogP contribution in [0.4, 0.5) is 0 Å². The molecule has 110 valence electrons. The second kappa shape index (κ2) is 7.99. The third-order valence-corrected chi connectivity index (χ3v) is 2.45. The maximum Gasteiger partial charge on any atom is 0.196 e. The molecule has 0 saturated carbocycles. The fourth-order valence-electron chi connectivity index (χ4n) is 1.33. The largest absolute Gasteiger partial charge is 0.502 e. The number of allylic oxidation sites excluding steroid dienone is 1. The molecule has 5 heteroatoms. The van der Waals surface area contributed by atoms with Gasteiger partial charge in [-0.15, -0.1) is 0 Å². The molecule has 0 radical (unpaired) electrons. The van der Waals surface area contributed by atoms with Gasteiger partial charge in [-0.1, -0.05) is 26.0 Å². The van der Waals surface area contributed by atoms with Crippen molar-refractivity contribution >= 4 is 11.6 Å². The second-order valence-corrected chi connectivity index (χ2v) is 3.96. The van der Waals surface area contributed by atoms with Gasteiger partial charge in [-0.3, -0.25) is 10.2 Å². The lowest BCUT2D eigenvalue weighted by atomic mass is 10.1. The number of nitrogens with two attached hydrogens (primary N) is 1. The zero-order valence-corrected chi connectivity index (χ0v) is 12.6. The average Bonchev–Trinajstić information content (AvgIpc) is 2.42. The van der Waals surface area contributed by atoms with Crippen molar-refractivity contribution in [1.29, 1.82) is 5.41 Å². The van der Waals surface area contributed by atoms with E-state index in [-0.39, 0.29) is 11.5 Å². The number of ketones is 1. The van der Waals surface area contributed by atoms with Crippen LogP contribution >= 0.6 is 0 Å². The summed E-state index contributed by atoms with van der Waals surface area (Å²) in [5.74, 6) is -0.382. The van der Waals surface area contributed by atoms with E-state index in [1.807, 2.05) is 20.8 Å². The van der Waals surface area contributed by atoms with Crippen molar-refractivity contribution in [2.24, 2.45) is 5.73 Å². The van der Waals surface area contributed by atoms with Crippen molar-refractivity contribution in [2.45, 2.75) is 34.6 Å². The van der Waals surface area contributed by atoms with Crippen LogP contribution in [0, 0.1) is 12.3 Å². The number of carbonyl (C=O) groups is 1. The summed E-state index contributed by atoms with van der Waals surface area (Å²) in [5, 5.41) is 16.6. The molecular weight excluding hydrogens is 256 g/mol. The van der Waals surface area contributed by atoms with E-state index in [0.717, 1.165) is 5.56 Å². The Morgan fingerprint density at radius 2 is 1.85 bits per heavy atom. The smallest absolute Gasteiger partial charge is 0.196 e. The zero-order chi connectivity index (χ0) is 15.9. The van der Waals surface area contributed by atoms with Gasteiger partial charge in [0.15, 0.2) is 17.4 Å². The summed E-state index contributed by atoms with van der Waals surface area (Å²) in [4.78, 5) is 11.3. The molecule has 4 N–H and O–H groups in total. The fraction of sp³-hybridized carbons (Fsp3) is 0.333. The quantitative estimate of drug-likeness (QED) is 0.340. The van der Waals surface area contributed by atoms with Gasteiger partial charge in [0.25, 0.3) is 0 Å². The number of nitrogens with one attached hydrogen (secondary N) is 1. The first-order chi connectivity index (χ1) is 9.32. The van der Waals surface area contributed by atoms with Gasteiger partial charge in [-0.2, -0.15) is 0 Å². The van der Waals surface area contributed by atoms with Gasteiger partial charge in [0.2, 0.25) is 0 Å². The first kappa shape index (κ1) is 17.7. The molecule has 0 fully saturated rings. The van der Waals surface area contributed by atoms with Crippen molar-refractivity contribution in [3.05, 3.63) is 40.8 Å². The Labute approximate surface area is 119 Å². The highest BCUT2D eigenvalue weighted by Crippen LogP contribution is 2.22. The SMILES string of the molecule is CC.CC(=O)c1ccc(C)c(O/C(C)=C(\O)C(=N)N)c1. The number of amidine groups is 1. The highest BCUT2D eigenvalue weighted by atomic mass is 16.5. The molecule has 1 rings (SSSR count). The van der Waals surface area contributed by atoms with Crippen LogP contribution in [0.1, 0.15) is 43.6 Å². The Kier molecular flexibility index (Phi) is 7.07. The van der Waals surface area contributed by atoms with E-state index < -0.39 is 11.6 Å². The van der Waals surface area contributed by atoms with E-state index in [1.165, 1.54) is 13.8 Å². The number of Topliss-reactive ketones (excluding diaryl/α,β-unsaturated/α-hetero) is 1. The lowest BCUT2D eigenvalue weighted by Gasteiger charge is -2.11. The van der Waals surface area contributed by atoms with Crippen LogP contribution in [0.5, 0.6) is 5.75 Å². The Morgan fingerprint density at radius 3 is 2.30 bits per heavy atom. The number of rotatable bonds is 4. The van der Waals surface area contributed by atoms with Crippen LogP contribution < -0.4 is 10.5 Å². The number of ether oxygens (including phenoxy) is 1. The van der Waals surface area contributed by atoms with Crippen LogP contribution in [0.25, 0.3) is 0 Å². The van der Waals surface area contributed by atoms with E-state index in [1.54, 1.807) is 18.2 Å². The number of aliphatic hydroxyl groups excluding tert-OH is 1. The minimum absolute atomic E-state index is 0.0720. The van der Waals surface area contributed by atoms with Crippen molar-refractivity contribution in [1.82, 2.24) is 0 Å². The minimum Gasteiger partial charge on any atom is -0.502 e. The molecule has 20 heavy (non-hydrogen) atoms. The van der Waals surface area contributed by atoms with Crippen molar-refractivity contribution in [3.8, 4) is 5.75 Å². The van der Waals surface area contributed by atoms with Crippen LogP contribution in [-0.2, 0) is 0 Å². The minimum atomic E-state index is -0.465. The fourth-order valence-corrected chi connectivity index (χ4v) is 1.33. The van der Waals surface area contributed by atoms with E-state index in [2.05, 4.69) is 0 Å². The van der Waals surface area contributed by atoms with Crippen molar-refractivity contribution in [3.63, 3.8) is 0 Å². The third-order valence-electron chi connectivity index (χ3n) is 2.45. The Balaban J connectivity index is 0.00000172. The lowest BCUT2D eigenvalue weighted by molar-refractivity contribution is 0.101.